The topological polar surface area (TPSA) is 8.81 Å². The van der Waals surface area contributed by atoms with E-state index in [0.717, 1.165) is 18.4 Å². The minimum Gasteiger partial charge on any atom is -0.336 e. The second-order valence-corrected chi connectivity index (χ2v) is 4.77. The Hall–Kier alpha value is -0.606. The first-order valence-corrected chi connectivity index (χ1v) is 7.32. The molecule has 0 saturated heterocycles. The van der Waals surface area contributed by atoms with Crippen LogP contribution in [0.25, 0.3) is 11.4 Å². The first-order chi connectivity index (χ1) is 9.95. The van der Waals surface area contributed by atoms with Crippen LogP contribution in [0.1, 0.15) is 39.2 Å². The summed E-state index contributed by atoms with van der Waals surface area (Å²) in [7, 11) is 1.85. The summed E-state index contributed by atoms with van der Waals surface area (Å²) in [5.74, 6) is -0.579. The van der Waals surface area contributed by atoms with Gasteiger partial charge >= 0.3 is 0 Å². The number of hydrogen-bond donors (Lipinski definition) is 0. The van der Waals surface area contributed by atoms with E-state index in [1.165, 1.54) is 6.07 Å². The number of imidazole rings is 1. The Morgan fingerprint density at radius 3 is 2.36 bits per heavy atom. The summed E-state index contributed by atoms with van der Waals surface area (Å²) in [5.41, 5.74) is 1.01. The first kappa shape index (κ1) is 21.4. The standard InChI is InChI=1S/C15H18F2N2.C2H6.Y/c1-5-19-7-6-18(4)15(19)14-12(10(2)3)8-11(16)9-13(14)17;1-2;/h6-10H,2,5H2,1,3-4H3;1-2H3;. The Kier molecular flexibility index (Phi) is 9.25. The summed E-state index contributed by atoms with van der Waals surface area (Å²) in [4.78, 5) is 0. The fourth-order valence-corrected chi connectivity index (χ4v) is 2.32. The Bertz CT molecular complexity index is 607. The summed E-state index contributed by atoms with van der Waals surface area (Å²) in [6.45, 7) is 12.4. The van der Waals surface area contributed by atoms with Crippen LogP contribution in [0, 0.1) is 18.6 Å². The van der Waals surface area contributed by atoms with Crippen molar-refractivity contribution < 1.29 is 46.1 Å². The van der Waals surface area contributed by atoms with Crippen LogP contribution < -0.4 is 4.57 Å². The molecule has 0 fully saturated rings. The zero-order valence-corrected chi connectivity index (χ0v) is 16.9. The van der Waals surface area contributed by atoms with E-state index in [2.05, 4.69) is 6.92 Å². The average Bonchev–Trinajstić information content (AvgIpc) is 2.81. The van der Waals surface area contributed by atoms with Gasteiger partial charge in [0.05, 0.1) is 13.6 Å². The van der Waals surface area contributed by atoms with Gasteiger partial charge < -0.3 is 6.92 Å². The maximum Gasteiger partial charge on any atom is 0.291 e. The molecule has 1 unspecified atom stereocenters. The molecule has 2 nitrogen and oxygen atoms in total. The van der Waals surface area contributed by atoms with Crippen LogP contribution in [0.3, 0.4) is 0 Å². The van der Waals surface area contributed by atoms with E-state index >= 15 is 0 Å². The molecule has 5 heteroatoms. The molecule has 1 heterocycles. The van der Waals surface area contributed by atoms with Crippen molar-refractivity contribution in [3.8, 4) is 11.4 Å². The Balaban J connectivity index is 0.00000141. The van der Waals surface area contributed by atoms with Gasteiger partial charge in [-0.2, -0.15) is 0 Å². The van der Waals surface area contributed by atoms with Crippen LogP contribution in [0.2, 0.25) is 0 Å². The van der Waals surface area contributed by atoms with Crippen molar-refractivity contribution in [2.75, 3.05) is 0 Å². The van der Waals surface area contributed by atoms with E-state index < -0.39 is 11.6 Å². The van der Waals surface area contributed by atoms with Crippen LogP contribution in [-0.2, 0) is 46.3 Å². The van der Waals surface area contributed by atoms with Crippen molar-refractivity contribution in [3.63, 3.8) is 0 Å². The molecular weight excluding hydrogens is 359 g/mol. The summed E-state index contributed by atoms with van der Waals surface area (Å²) in [6, 6.07) is 2.29. The molecule has 0 spiro atoms. The molecule has 0 aliphatic rings. The second-order valence-electron chi connectivity index (χ2n) is 4.77. The molecule has 2 aromatic rings. The third-order valence-corrected chi connectivity index (χ3v) is 3.26. The fraction of sp³-hybridized carbons (Fsp3) is 0.412. The van der Waals surface area contributed by atoms with Gasteiger partial charge in [-0.3, -0.25) is 0 Å². The minimum atomic E-state index is -0.566. The Morgan fingerprint density at radius 1 is 1.27 bits per heavy atom. The van der Waals surface area contributed by atoms with E-state index in [0.29, 0.717) is 11.1 Å². The van der Waals surface area contributed by atoms with E-state index in [4.69, 9.17) is 0 Å². The third kappa shape index (κ3) is 4.45. The molecule has 0 bridgehead atoms. The molecule has 0 aliphatic carbocycles. The van der Waals surface area contributed by atoms with Crippen LogP contribution in [-0.4, -0.2) is 4.57 Å². The number of rotatable bonds is 3. The molecule has 0 aliphatic heterocycles. The van der Waals surface area contributed by atoms with Crippen molar-refractivity contribution in [1.29, 1.82) is 0 Å². The molecule has 22 heavy (non-hydrogen) atoms. The summed E-state index contributed by atoms with van der Waals surface area (Å²) in [5, 5.41) is 0. The van der Waals surface area contributed by atoms with Gasteiger partial charge in [0.2, 0.25) is 0 Å². The number of hydrogen-bond acceptors (Lipinski definition) is 0. The number of aryl methyl sites for hydroxylation is 2. The van der Waals surface area contributed by atoms with Crippen molar-refractivity contribution in [3.05, 3.63) is 48.6 Å². The summed E-state index contributed by atoms with van der Waals surface area (Å²) in [6.07, 6.45) is 3.74. The molecule has 1 aromatic heterocycles. The van der Waals surface area contributed by atoms with E-state index in [1.54, 1.807) is 0 Å². The van der Waals surface area contributed by atoms with Gasteiger partial charge in [0.25, 0.3) is 5.82 Å². The van der Waals surface area contributed by atoms with E-state index in [9.17, 15) is 8.78 Å². The zero-order valence-electron chi connectivity index (χ0n) is 14.0. The van der Waals surface area contributed by atoms with Crippen LogP contribution in [0.15, 0.2) is 24.5 Å². The Labute approximate surface area is 157 Å². The predicted molar refractivity (Wildman–Crippen MR) is 81.8 cm³/mol. The number of halogens is 2. The van der Waals surface area contributed by atoms with Gasteiger partial charge in [0, 0.05) is 38.8 Å². The maximum atomic E-state index is 14.2. The van der Waals surface area contributed by atoms with Crippen LogP contribution >= 0.6 is 0 Å². The normalized spacial score (nSPS) is 11.3. The SMILES string of the molecule is CC.[CH2-]C(C)c1cc(F)cc(F)c1-c1n(CC)cc[n+]1C.[Y]. The molecule has 1 aromatic carbocycles. The summed E-state index contributed by atoms with van der Waals surface area (Å²) >= 11 is 0. The van der Waals surface area contributed by atoms with Crippen LogP contribution in [0.5, 0.6) is 0 Å². The predicted octanol–water partition coefficient (Wildman–Crippen LogP) is 4.24. The van der Waals surface area contributed by atoms with E-state index in [-0.39, 0.29) is 38.6 Å². The summed E-state index contributed by atoms with van der Waals surface area (Å²) < 4.78 is 31.4. The smallest absolute Gasteiger partial charge is 0.291 e. The molecule has 0 saturated carbocycles. The van der Waals surface area contributed by atoms with Crippen molar-refractivity contribution >= 4 is 0 Å². The number of aromatic nitrogens is 2. The molecular formula is C17H24F2N2Y. The minimum absolute atomic E-state index is 0. The van der Waals surface area contributed by atoms with Crippen molar-refractivity contribution in [2.24, 2.45) is 7.05 Å². The third-order valence-electron chi connectivity index (χ3n) is 3.26. The monoisotopic (exact) mass is 383 g/mol. The van der Waals surface area contributed by atoms with Gasteiger partial charge in [-0.1, -0.05) is 26.3 Å². The fourth-order valence-electron chi connectivity index (χ4n) is 2.32. The van der Waals surface area contributed by atoms with Gasteiger partial charge in [-0.25, -0.2) is 17.9 Å². The maximum absolute atomic E-state index is 14.2. The molecule has 0 N–H and O–H groups in total. The van der Waals surface area contributed by atoms with Gasteiger partial charge in [0.1, 0.15) is 29.6 Å². The molecule has 0 amide bonds. The number of benzene rings is 1. The first-order valence-electron chi connectivity index (χ1n) is 7.32. The molecule has 1 atom stereocenters. The van der Waals surface area contributed by atoms with E-state index in [1.807, 2.05) is 56.3 Å². The quantitative estimate of drug-likeness (QED) is 0.554. The zero-order chi connectivity index (χ0) is 16.2. The molecule has 2 rings (SSSR count). The number of nitrogens with zero attached hydrogens (tertiary/aromatic N) is 2. The van der Waals surface area contributed by atoms with Crippen LogP contribution in [0.4, 0.5) is 8.78 Å². The van der Waals surface area contributed by atoms with Crippen molar-refractivity contribution in [1.82, 2.24) is 4.57 Å². The van der Waals surface area contributed by atoms with Gasteiger partial charge in [-0.15, -0.1) is 5.92 Å². The van der Waals surface area contributed by atoms with Gasteiger partial charge in [0.15, 0.2) is 0 Å². The average molecular weight is 383 g/mol. The Morgan fingerprint density at radius 2 is 1.86 bits per heavy atom. The molecule has 119 valence electrons. The molecule has 1 radical (unpaired) electrons. The largest absolute Gasteiger partial charge is 0.336 e. The second kappa shape index (κ2) is 9.51. The van der Waals surface area contributed by atoms with Crippen molar-refractivity contribution in [2.45, 2.75) is 40.2 Å². The van der Waals surface area contributed by atoms with Gasteiger partial charge in [-0.05, 0) is 13.0 Å².